The summed E-state index contributed by atoms with van der Waals surface area (Å²) in [5.41, 5.74) is -0.976. The smallest absolute Gasteiger partial charge is 0.329 e. The summed E-state index contributed by atoms with van der Waals surface area (Å²) in [6.45, 7) is 0. The van der Waals surface area contributed by atoms with E-state index in [1.165, 1.54) is 19.2 Å². The van der Waals surface area contributed by atoms with Gasteiger partial charge in [-0.05, 0) is 31.4 Å². The molecule has 2 rings (SSSR count). The van der Waals surface area contributed by atoms with Crippen LogP contribution >= 0.6 is 0 Å². The summed E-state index contributed by atoms with van der Waals surface area (Å²) < 4.78 is 18.2. The van der Waals surface area contributed by atoms with E-state index in [0.29, 0.717) is 12.8 Å². The summed E-state index contributed by atoms with van der Waals surface area (Å²) in [5, 5.41) is 13.9. The Morgan fingerprint density at radius 2 is 2.10 bits per heavy atom. The highest BCUT2D eigenvalue weighted by atomic mass is 19.1. The van der Waals surface area contributed by atoms with Crippen molar-refractivity contribution in [3.05, 3.63) is 24.0 Å². The minimum atomic E-state index is -1.20. The van der Waals surface area contributed by atoms with E-state index < -0.39 is 23.4 Å². The first-order valence-corrected chi connectivity index (χ1v) is 6.13. The number of amides is 2. The molecular formula is C13H15FN2O4. The highest BCUT2D eigenvalue weighted by molar-refractivity contribution is 5.94. The van der Waals surface area contributed by atoms with Crippen molar-refractivity contribution in [1.82, 2.24) is 5.32 Å². The molecule has 6 nitrogen and oxygen atoms in total. The standard InChI is InChI=1S/C13H15FN2O4/c1-20-10-4-3-8(7-9(10)14)15-12(19)16-13(11(17)18)5-2-6-13/h3-4,7H,2,5-6H2,1H3,(H,17,18)(H2,15,16,19). The largest absolute Gasteiger partial charge is 0.494 e. The molecule has 1 aromatic rings. The molecule has 1 aliphatic carbocycles. The normalized spacial score (nSPS) is 15.9. The van der Waals surface area contributed by atoms with E-state index in [2.05, 4.69) is 10.6 Å². The number of benzene rings is 1. The van der Waals surface area contributed by atoms with Gasteiger partial charge >= 0.3 is 12.0 Å². The molecule has 20 heavy (non-hydrogen) atoms. The molecule has 0 aliphatic heterocycles. The maximum atomic E-state index is 13.5. The number of methoxy groups -OCH3 is 1. The maximum Gasteiger partial charge on any atom is 0.329 e. The molecule has 0 bridgehead atoms. The van der Waals surface area contributed by atoms with E-state index in [-0.39, 0.29) is 11.4 Å². The minimum Gasteiger partial charge on any atom is -0.494 e. The number of ether oxygens (including phenoxy) is 1. The van der Waals surface area contributed by atoms with Crippen LogP contribution in [0.15, 0.2) is 18.2 Å². The van der Waals surface area contributed by atoms with E-state index in [4.69, 9.17) is 9.84 Å². The number of carbonyl (C=O) groups is 2. The fourth-order valence-corrected chi connectivity index (χ4v) is 2.05. The Morgan fingerprint density at radius 3 is 2.55 bits per heavy atom. The Kier molecular flexibility index (Phi) is 3.78. The highest BCUT2D eigenvalue weighted by Gasteiger charge is 2.45. The zero-order valence-corrected chi connectivity index (χ0v) is 10.9. The number of carboxylic acids is 1. The summed E-state index contributed by atoms with van der Waals surface area (Å²) in [6, 6.07) is 3.28. The number of carbonyl (C=O) groups excluding carboxylic acids is 1. The molecule has 0 saturated heterocycles. The summed E-state index contributed by atoms with van der Waals surface area (Å²) in [7, 11) is 1.34. The second kappa shape index (κ2) is 5.36. The first-order valence-electron chi connectivity index (χ1n) is 6.13. The van der Waals surface area contributed by atoms with Gasteiger partial charge in [-0.1, -0.05) is 0 Å². The number of hydrogen-bond acceptors (Lipinski definition) is 3. The molecule has 2 amide bonds. The van der Waals surface area contributed by atoms with Crippen molar-refractivity contribution < 1.29 is 23.8 Å². The van der Waals surface area contributed by atoms with Crippen LogP contribution in [0.3, 0.4) is 0 Å². The molecule has 0 unspecified atom stereocenters. The Hall–Kier alpha value is -2.31. The fourth-order valence-electron chi connectivity index (χ4n) is 2.05. The van der Waals surface area contributed by atoms with Gasteiger partial charge < -0.3 is 20.5 Å². The third-order valence-electron chi connectivity index (χ3n) is 3.38. The average Bonchev–Trinajstić information content (AvgIpc) is 2.33. The lowest BCUT2D eigenvalue weighted by Gasteiger charge is -2.38. The Morgan fingerprint density at radius 1 is 1.40 bits per heavy atom. The number of urea groups is 1. The van der Waals surface area contributed by atoms with E-state index in [9.17, 15) is 14.0 Å². The third-order valence-corrected chi connectivity index (χ3v) is 3.38. The van der Waals surface area contributed by atoms with Crippen LogP contribution in [0.25, 0.3) is 0 Å². The molecule has 0 heterocycles. The van der Waals surface area contributed by atoms with E-state index in [1.54, 1.807) is 0 Å². The van der Waals surface area contributed by atoms with Gasteiger partial charge in [0.15, 0.2) is 11.6 Å². The molecular weight excluding hydrogens is 267 g/mol. The van der Waals surface area contributed by atoms with Gasteiger partial charge in [-0.15, -0.1) is 0 Å². The molecule has 0 aromatic heterocycles. The van der Waals surface area contributed by atoms with Crippen LogP contribution in [0.1, 0.15) is 19.3 Å². The number of anilines is 1. The number of hydrogen-bond donors (Lipinski definition) is 3. The molecule has 0 atom stereocenters. The number of carboxylic acid groups (broad SMARTS) is 1. The highest BCUT2D eigenvalue weighted by Crippen LogP contribution is 2.32. The zero-order valence-electron chi connectivity index (χ0n) is 10.9. The van der Waals surface area contributed by atoms with Gasteiger partial charge in [-0.25, -0.2) is 14.0 Å². The molecule has 1 saturated carbocycles. The molecule has 0 radical (unpaired) electrons. The van der Waals surface area contributed by atoms with Crippen LogP contribution in [0.2, 0.25) is 0 Å². The fraction of sp³-hybridized carbons (Fsp3) is 0.385. The van der Waals surface area contributed by atoms with Gasteiger partial charge in [0.25, 0.3) is 0 Å². The molecule has 7 heteroatoms. The quantitative estimate of drug-likeness (QED) is 0.787. The number of nitrogens with one attached hydrogen (secondary N) is 2. The SMILES string of the molecule is COc1ccc(NC(=O)NC2(C(=O)O)CCC2)cc1F. The second-order valence-corrected chi connectivity index (χ2v) is 4.67. The monoisotopic (exact) mass is 282 g/mol. The van der Waals surface area contributed by atoms with Crippen LogP contribution in [-0.4, -0.2) is 29.8 Å². The van der Waals surface area contributed by atoms with Crippen LogP contribution in [0.4, 0.5) is 14.9 Å². The summed E-state index contributed by atoms with van der Waals surface area (Å²) in [5.74, 6) is -1.60. The van der Waals surface area contributed by atoms with E-state index in [1.807, 2.05) is 0 Å². The van der Waals surface area contributed by atoms with Crippen LogP contribution in [0, 0.1) is 5.82 Å². The predicted octanol–water partition coefficient (Wildman–Crippen LogP) is 1.96. The molecule has 0 spiro atoms. The second-order valence-electron chi connectivity index (χ2n) is 4.67. The van der Waals surface area contributed by atoms with Crippen molar-refractivity contribution in [2.75, 3.05) is 12.4 Å². The van der Waals surface area contributed by atoms with Gasteiger partial charge in [-0.3, -0.25) is 0 Å². The minimum absolute atomic E-state index is 0.0666. The average molecular weight is 282 g/mol. The predicted molar refractivity (Wildman–Crippen MR) is 69.3 cm³/mol. The zero-order chi connectivity index (χ0) is 14.8. The summed E-state index contributed by atoms with van der Waals surface area (Å²) >= 11 is 0. The van der Waals surface area contributed by atoms with Crippen LogP contribution in [-0.2, 0) is 4.79 Å². The maximum absolute atomic E-state index is 13.5. The Labute approximate surface area is 114 Å². The lowest BCUT2D eigenvalue weighted by molar-refractivity contribution is -0.148. The first kappa shape index (κ1) is 14.1. The van der Waals surface area contributed by atoms with Gasteiger partial charge in [-0.2, -0.15) is 0 Å². The van der Waals surface area contributed by atoms with Crippen molar-refractivity contribution in [2.45, 2.75) is 24.8 Å². The lowest BCUT2D eigenvalue weighted by atomic mass is 9.77. The van der Waals surface area contributed by atoms with Crippen molar-refractivity contribution >= 4 is 17.7 Å². The molecule has 1 fully saturated rings. The van der Waals surface area contributed by atoms with Crippen LogP contribution in [0.5, 0.6) is 5.75 Å². The molecule has 1 aliphatic rings. The topological polar surface area (TPSA) is 87.7 Å². The third kappa shape index (κ3) is 2.66. The van der Waals surface area contributed by atoms with Gasteiger partial charge in [0.2, 0.25) is 0 Å². The molecule has 1 aromatic carbocycles. The number of aliphatic carboxylic acids is 1. The Balaban J connectivity index is 2.01. The van der Waals surface area contributed by atoms with E-state index in [0.717, 1.165) is 12.5 Å². The van der Waals surface area contributed by atoms with Crippen molar-refractivity contribution in [1.29, 1.82) is 0 Å². The first-order chi connectivity index (χ1) is 9.47. The van der Waals surface area contributed by atoms with Gasteiger partial charge in [0, 0.05) is 11.8 Å². The molecule has 3 N–H and O–H groups in total. The van der Waals surface area contributed by atoms with E-state index >= 15 is 0 Å². The Bertz CT molecular complexity index is 543. The number of rotatable bonds is 4. The summed E-state index contributed by atoms with van der Waals surface area (Å²) in [6.07, 6.45) is 1.54. The molecule has 108 valence electrons. The summed E-state index contributed by atoms with van der Waals surface area (Å²) in [4.78, 5) is 22.9. The van der Waals surface area contributed by atoms with Crippen LogP contribution < -0.4 is 15.4 Å². The van der Waals surface area contributed by atoms with Gasteiger partial charge in [0.05, 0.1) is 7.11 Å². The van der Waals surface area contributed by atoms with Crippen molar-refractivity contribution in [2.24, 2.45) is 0 Å². The number of halogens is 1. The lowest BCUT2D eigenvalue weighted by Crippen LogP contribution is -2.60. The van der Waals surface area contributed by atoms with Crippen molar-refractivity contribution in [3.63, 3.8) is 0 Å². The van der Waals surface area contributed by atoms with Crippen molar-refractivity contribution in [3.8, 4) is 5.75 Å². The van der Waals surface area contributed by atoms with Gasteiger partial charge in [0.1, 0.15) is 5.54 Å².